The van der Waals surface area contributed by atoms with E-state index in [-0.39, 0.29) is 0 Å². The summed E-state index contributed by atoms with van der Waals surface area (Å²) in [6, 6.07) is 8.24. The van der Waals surface area contributed by atoms with Crippen molar-refractivity contribution in [3.05, 3.63) is 59.5 Å². The normalized spacial score (nSPS) is 13.9. The maximum absolute atomic E-state index is 3.69. The molecule has 1 aromatic carbocycles. The molecule has 0 unspecified atom stereocenters. The van der Waals surface area contributed by atoms with E-state index in [9.17, 15) is 0 Å². The minimum atomic E-state index is 1.20. The molecule has 0 saturated heterocycles. The first-order valence-corrected chi connectivity index (χ1v) is 4.39. The molecule has 1 aromatic rings. The zero-order chi connectivity index (χ0) is 9.52. The second kappa shape index (κ2) is 5.15. The molecule has 0 heteroatoms. The smallest absolute Gasteiger partial charge is 0.0184 e. The molecule has 0 aromatic heterocycles. The lowest BCUT2D eigenvalue weighted by atomic mass is 10.2. The van der Waals surface area contributed by atoms with E-state index in [4.69, 9.17) is 0 Å². The standard InChI is InChI=1S/C13H14/c1-3-5-9-13-11-7-6-10-12(13)8-4-2/h3-11H,2H2,1H3/b5-3-,12-8-,13-9-. The van der Waals surface area contributed by atoms with Gasteiger partial charge in [0, 0.05) is 0 Å². The molecular weight excluding hydrogens is 156 g/mol. The Morgan fingerprint density at radius 1 is 1.08 bits per heavy atom. The third kappa shape index (κ3) is 2.75. The zero-order valence-corrected chi connectivity index (χ0v) is 7.90. The average Bonchev–Trinajstić information content (AvgIpc) is 2.17. The van der Waals surface area contributed by atoms with Gasteiger partial charge in [0.15, 0.2) is 0 Å². The molecule has 1 rings (SSSR count). The van der Waals surface area contributed by atoms with Gasteiger partial charge in [-0.1, -0.05) is 61.2 Å². The Balaban J connectivity index is 3.36. The van der Waals surface area contributed by atoms with Gasteiger partial charge in [0.25, 0.3) is 0 Å². The van der Waals surface area contributed by atoms with Crippen molar-refractivity contribution < 1.29 is 0 Å². The molecule has 0 heterocycles. The van der Waals surface area contributed by atoms with Crippen molar-refractivity contribution in [3.8, 4) is 0 Å². The molecule has 66 valence electrons. The summed E-state index contributed by atoms with van der Waals surface area (Å²) in [5.74, 6) is 0. The minimum absolute atomic E-state index is 1.20. The molecule has 0 N–H and O–H groups in total. The van der Waals surface area contributed by atoms with Crippen molar-refractivity contribution in [3.63, 3.8) is 0 Å². The van der Waals surface area contributed by atoms with Crippen molar-refractivity contribution in [1.29, 1.82) is 0 Å². The van der Waals surface area contributed by atoms with Crippen molar-refractivity contribution in [2.45, 2.75) is 6.92 Å². The lowest BCUT2D eigenvalue weighted by Crippen LogP contribution is -2.22. The van der Waals surface area contributed by atoms with E-state index >= 15 is 0 Å². The van der Waals surface area contributed by atoms with E-state index < -0.39 is 0 Å². The summed E-state index contributed by atoms with van der Waals surface area (Å²) in [4.78, 5) is 0. The SMILES string of the molecule is C=C/C=c1/cccc/c1=C/C=C\C. The highest BCUT2D eigenvalue weighted by molar-refractivity contribution is 5.42. The molecule has 0 fully saturated rings. The fourth-order valence-electron chi connectivity index (χ4n) is 1.14. The quantitative estimate of drug-likeness (QED) is 0.637. The summed E-state index contributed by atoms with van der Waals surface area (Å²) in [5.41, 5.74) is 0. The summed E-state index contributed by atoms with van der Waals surface area (Å²) in [6.45, 7) is 5.70. The fourth-order valence-corrected chi connectivity index (χ4v) is 1.14. The minimum Gasteiger partial charge on any atom is -0.0990 e. The monoisotopic (exact) mass is 170 g/mol. The van der Waals surface area contributed by atoms with Crippen LogP contribution in [-0.2, 0) is 0 Å². The van der Waals surface area contributed by atoms with Crippen LogP contribution in [0.15, 0.2) is 49.1 Å². The summed E-state index contributed by atoms with van der Waals surface area (Å²) in [7, 11) is 0. The van der Waals surface area contributed by atoms with E-state index in [2.05, 4.69) is 24.8 Å². The molecule has 13 heavy (non-hydrogen) atoms. The van der Waals surface area contributed by atoms with E-state index in [1.165, 1.54) is 10.4 Å². The summed E-state index contributed by atoms with van der Waals surface area (Å²) in [6.07, 6.45) is 9.97. The molecular formula is C13H14. The van der Waals surface area contributed by atoms with Crippen LogP contribution in [0.5, 0.6) is 0 Å². The van der Waals surface area contributed by atoms with Crippen molar-refractivity contribution >= 4 is 12.2 Å². The third-order valence-corrected chi connectivity index (χ3v) is 1.76. The number of hydrogen-bond donors (Lipinski definition) is 0. The van der Waals surface area contributed by atoms with Gasteiger partial charge in [-0.15, -0.1) is 0 Å². The number of rotatable bonds is 2. The van der Waals surface area contributed by atoms with Gasteiger partial charge in [0.2, 0.25) is 0 Å². The Morgan fingerprint density at radius 3 is 2.23 bits per heavy atom. The maximum atomic E-state index is 3.69. The van der Waals surface area contributed by atoms with Crippen LogP contribution >= 0.6 is 0 Å². The Labute approximate surface area is 79.2 Å². The van der Waals surface area contributed by atoms with Crippen LogP contribution < -0.4 is 10.4 Å². The van der Waals surface area contributed by atoms with Crippen LogP contribution in [0.3, 0.4) is 0 Å². The first-order valence-electron chi connectivity index (χ1n) is 4.39. The van der Waals surface area contributed by atoms with Gasteiger partial charge in [-0.25, -0.2) is 0 Å². The summed E-state index contributed by atoms with van der Waals surface area (Å²) < 4.78 is 0. The van der Waals surface area contributed by atoms with Crippen molar-refractivity contribution in [2.75, 3.05) is 0 Å². The van der Waals surface area contributed by atoms with Crippen LogP contribution in [0.25, 0.3) is 12.2 Å². The Hall–Kier alpha value is -1.56. The number of benzene rings is 1. The molecule has 0 saturated carbocycles. The molecule has 0 atom stereocenters. The van der Waals surface area contributed by atoms with E-state index in [0.717, 1.165) is 0 Å². The van der Waals surface area contributed by atoms with Gasteiger partial charge in [0.05, 0.1) is 0 Å². The predicted molar refractivity (Wildman–Crippen MR) is 59.6 cm³/mol. The number of allylic oxidation sites excluding steroid dienone is 3. The molecule has 0 aliphatic carbocycles. The first-order chi connectivity index (χ1) is 6.38. The second-order valence-corrected chi connectivity index (χ2v) is 2.72. The van der Waals surface area contributed by atoms with Crippen molar-refractivity contribution in [1.82, 2.24) is 0 Å². The van der Waals surface area contributed by atoms with Gasteiger partial charge in [0.1, 0.15) is 0 Å². The van der Waals surface area contributed by atoms with Gasteiger partial charge >= 0.3 is 0 Å². The topological polar surface area (TPSA) is 0 Å². The molecule has 0 spiro atoms. The zero-order valence-electron chi connectivity index (χ0n) is 7.90. The van der Waals surface area contributed by atoms with Gasteiger partial charge in [-0.3, -0.25) is 0 Å². The lowest BCUT2D eigenvalue weighted by molar-refractivity contribution is 1.52. The molecule has 0 amide bonds. The molecule has 0 radical (unpaired) electrons. The van der Waals surface area contributed by atoms with Gasteiger partial charge in [-0.05, 0) is 17.4 Å². The molecule has 0 aliphatic rings. The van der Waals surface area contributed by atoms with Crippen LogP contribution in [0.2, 0.25) is 0 Å². The highest BCUT2D eigenvalue weighted by Gasteiger charge is 1.79. The predicted octanol–water partition coefficient (Wildman–Crippen LogP) is 2.01. The van der Waals surface area contributed by atoms with Crippen molar-refractivity contribution in [2.24, 2.45) is 0 Å². The third-order valence-electron chi connectivity index (χ3n) is 1.76. The summed E-state index contributed by atoms with van der Waals surface area (Å²) in [5, 5.41) is 2.43. The maximum Gasteiger partial charge on any atom is -0.0184 e. The van der Waals surface area contributed by atoms with Crippen LogP contribution in [0.4, 0.5) is 0 Å². The van der Waals surface area contributed by atoms with E-state index in [1.54, 1.807) is 0 Å². The van der Waals surface area contributed by atoms with Gasteiger partial charge < -0.3 is 0 Å². The lowest BCUT2D eigenvalue weighted by Gasteiger charge is -1.87. The first kappa shape index (κ1) is 9.53. The highest BCUT2D eigenvalue weighted by Crippen LogP contribution is 1.75. The Morgan fingerprint density at radius 2 is 1.69 bits per heavy atom. The highest BCUT2D eigenvalue weighted by atomic mass is 13.8. The second-order valence-electron chi connectivity index (χ2n) is 2.72. The summed E-state index contributed by atoms with van der Waals surface area (Å²) >= 11 is 0. The van der Waals surface area contributed by atoms with Crippen LogP contribution in [0.1, 0.15) is 6.92 Å². The van der Waals surface area contributed by atoms with Gasteiger partial charge in [-0.2, -0.15) is 0 Å². The van der Waals surface area contributed by atoms with E-state index in [1.807, 2.05) is 43.4 Å². The molecule has 0 nitrogen and oxygen atoms in total. The molecule has 0 bridgehead atoms. The Kier molecular flexibility index (Phi) is 3.77. The average molecular weight is 170 g/mol. The fraction of sp³-hybridized carbons (Fsp3) is 0.0769. The van der Waals surface area contributed by atoms with Crippen LogP contribution in [0, 0.1) is 0 Å². The largest absolute Gasteiger partial charge is 0.0990 e. The van der Waals surface area contributed by atoms with Crippen LogP contribution in [-0.4, -0.2) is 0 Å². The Bertz CT molecular complexity index is 408. The van der Waals surface area contributed by atoms with E-state index in [0.29, 0.717) is 0 Å². The number of hydrogen-bond acceptors (Lipinski definition) is 0. The molecule has 0 aliphatic heterocycles.